The van der Waals surface area contributed by atoms with E-state index in [-0.39, 0.29) is 11.6 Å². The van der Waals surface area contributed by atoms with Gasteiger partial charge in [-0.3, -0.25) is 4.79 Å². The lowest BCUT2D eigenvalue weighted by atomic mass is 9.77. The molecule has 3 rings (SSSR count). The van der Waals surface area contributed by atoms with E-state index in [0.29, 0.717) is 17.9 Å². The Morgan fingerprint density at radius 2 is 1.86 bits per heavy atom. The molecule has 0 spiro atoms. The molecular formula is C18H17FO2. The molecule has 0 unspecified atom stereocenters. The van der Waals surface area contributed by atoms with E-state index >= 15 is 0 Å². The molecule has 108 valence electrons. The van der Waals surface area contributed by atoms with Crippen molar-refractivity contribution in [3.8, 4) is 5.75 Å². The summed E-state index contributed by atoms with van der Waals surface area (Å²) in [7, 11) is 0. The van der Waals surface area contributed by atoms with Gasteiger partial charge in [-0.05, 0) is 43.2 Å². The summed E-state index contributed by atoms with van der Waals surface area (Å²) in [5.41, 5.74) is 1.76. The van der Waals surface area contributed by atoms with Crippen LogP contribution in [0.4, 0.5) is 4.39 Å². The standard InChI is InChI=1S/C18H17FO2/c1-18(2,13-6-8-14(19)9-7-13)17(20)15-5-3-4-12-10-11-21-16(12)15/h3-9H,10-11H2,1-2H3. The molecule has 0 amide bonds. The highest BCUT2D eigenvalue weighted by atomic mass is 19.1. The van der Waals surface area contributed by atoms with Gasteiger partial charge in [0, 0.05) is 6.42 Å². The number of fused-ring (bicyclic) bond motifs is 1. The summed E-state index contributed by atoms with van der Waals surface area (Å²) < 4.78 is 18.7. The number of Topliss-reactive ketones (excluding diaryl/α,β-unsaturated/α-hetero) is 1. The summed E-state index contributed by atoms with van der Waals surface area (Å²) in [5.74, 6) is 0.400. The van der Waals surface area contributed by atoms with Crippen LogP contribution in [0.1, 0.15) is 35.3 Å². The van der Waals surface area contributed by atoms with Crippen LogP contribution in [-0.2, 0) is 11.8 Å². The Morgan fingerprint density at radius 1 is 1.14 bits per heavy atom. The second-order valence-electron chi connectivity index (χ2n) is 5.85. The van der Waals surface area contributed by atoms with E-state index in [0.717, 1.165) is 17.5 Å². The van der Waals surface area contributed by atoms with Gasteiger partial charge in [0.2, 0.25) is 0 Å². The van der Waals surface area contributed by atoms with Gasteiger partial charge in [0.05, 0.1) is 17.6 Å². The molecule has 1 aliphatic rings. The molecule has 0 N–H and O–H groups in total. The van der Waals surface area contributed by atoms with E-state index in [9.17, 15) is 9.18 Å². The van der Waals surface area contributed by atoms with E-state index in [1.54, 1.807) is 18.2 Å². The summed E-state index contributed by atoms with van der Waals surface area (Å²) in [6.45, 7) is 4.34. The Bertz CT molecular complexity index is 687. The van der Waals surface area contributed by atoms with Gasteiger partial charge in [0.15, 0.2) is 5.78 Å². The Kier molecular flexibility index (Phi) is 3.28. The fourth-order valence-corrected chi connectivity index (χ4v) is 2.73. The summed E-state index contributed by atoms with van der Waals surface area (Å²) in [6.07, 6.45) is 0.841. The molecule has 3 heteroatoms. The molecule has 2 aromatic carbocycles. The summed E-state index contributed by atoms with van der Waals surface area (Å²) in [4.78, 5) is 12.9. The third-order valence-electron chi connectivity index (χ3n) is 4.09. The lowest BCUT2D eigenvalue weighted by Gasteiger charge is -2.24. The predicted octanol–water partition coefficient (Wildman–Crippen LogP) is 3.92. The third kappa shape index (κ3) is 2.33. The number of ketones is 1. The zero-order chi connectivity index (χ0) is 15.0. The van der Waals surface area contributed by atoms with Crippen molar-refractivity contribution >= 4 is 5.78 Å². The molecule has 0 aromatic heterocycles. The highest BCUT2D eigenvalue weighted by Crippen LogP contribution is 2.35. The molecule has 0 atom stereocenters. The third-order valence-corrected chi connectivity index (χ3v) is 4.09. The van der Waals surface area contributed by atoms with Crippen molar-refractivity contribution in [1.29, 1.82) is 0 Å². The molecule has 21 heavy (non-hydrogen) atoms. The van der Waals surface area contributed by atoms with Gasteiger partial charge in [0.25, 0.3) is 0 Å². The number of hydrogen-bond donors (Lipinski definition) is 0. The maximum Gasteiger partial charge on any atom is 0.176 e. The van der Waals surface area contributed by atoms with Gasteiger partial charge >= 0.3 is 0 Å². The van der Waals surface area contributed by atoms with Crippen molar-refractivity contribution in [2.45, 2.75) is 25.7 Å². The van der Waals surface area contributed by atoms with Crippen molar-refractivity contribution in [2.75, 3.05) is 6.61 Å². The van der Waals surface area contributed by atoms with Crippen LogP contribution in [-0.4, -0.2) is 12.4 Å². The van der Waals surface area contributed by atoms with Gasteiger partial charge in [-0.15, -0.1) is 0 Å². The first-order valence-corrected chi connectivity index (χ1v) is 7.05. The molecule has 0 aliphatic carbocycles. The molecule has 0 radical (unpaired) electrons. The highest BCUT2D eigenvalue weighted by Gasteiger charge is 2.33. The summed E-state index contributed by atoms with van der Waals surface area (Å²) >= 11 is 0. The van der Waals surface area contributed by atoms with E-state index in [1.165, 1.54) is 12.1 Å². The molecule has 1 heterocycles. The predicted molar refractivity (Wildman–Crippen MR) is 79.4 cm³/mol. The van der Waals surface area contributed by atoms with Gasteiger partial charge in [-0.2, -0.15) is 0 Å². The van der Waals surface area contributed by atoms with Crippen LogP contribution in [0.15, 0.2) is 42.5 Å². The van der Waals surface area contributed by atoms with Crippen molar-refractivity contribution in [3.05, 3.63) is 65.0 Å². The topological polar surface area (TPSA) is 26.3 Å². The van der Waals surface area contributed by atoms with Crippen LogP contribution in [0, 0.1) is 5.82 Å². The van der Waals surface area contributed by atoms with Crippen molar-refractivity contribution in [1.82, 2.24) is 0 Å². The number of benzene rings is 2. The van der Waals surface area contributed by atoms with E-state index in [2.05, 4.69) is 0 Å². The Balaban J connectivity index is 2.01. The second-order valence-corrected chi connectivity index (χ2v) is 5.85. The average Bonchev–Trinajstić information content (AvgIpc) is 2.95. The SMILES string of the molecule is CC(C)(C(=O)c1cccc2c1OCC2)c1ccc(F)cc1. The van der Waals surface area contributed by atoms with E-state index in [4.69, 9.17) is 4.74 Å². The van der Waals surface area contributed by atoms with Crippen molar-refractivity contribution < 1.29 is 13.9 Å². The number of halogens is 1. The number of para-hydroxylation sites is 1. The van der Waals surface area contributed by atoms with Crippen LogP contribution in [0.3, 0.4) is 0 Å². The Hall–Kier alpha value is -2.16. The zero-order valence-corrected chi connectivity index (χ0v) is 12.2. The largest absolute Gasteiger partial charge is 0.492 e. The molecule has 0 bridgehead atoms. The van der Waals surface area contributed by atoms with Crippen molar-refractivity contribution in [2.24, 2.45) is 0 Å². The number of hydrogen-bond acceptors (Lipinski definition) is 2. The van der Waals surface area contributed by atoms with Gasteiger partial charge in [-0.1, -0.05) is 24.3 Å². The Morgan fingerprint density at radius 3 is 2.57 bits per heavy atom. The smallest absolute Gasteiger partial charge is 0.176 e. The van der Waals surface area contributed by atoms with Gasteiger partial charge in [0.1, 0.15) is 11.6 Å². The monoisotopic (exact) mass is 284 g/mol. The van der Waals surface area contributed by atoms with Crippen LogP contribution in [0.25, 0.3) is 0 Å². The minimum Gasteiger partial charge on any atom is -0.492 e. The minimum atomic E-state index is -0.727. The first kappa shape index (κ1) is 13.8. The summed E-state index contributed by atoms with van der Waals surface area (Å²) in [5, 5.41) is 0. The summed E-state index contributed by atoms with van der Waals surface area (Å²) in [6, 6.07) is 11.8. The average molecular weight is 284 g/mol. The van der Waals surface area contributed by atoms with Crippen LogP contribution >= 0.6 is 0 Å². The highest BCUT2D eigenvalue weighted by molar-refractivity contribution is 6.06. The maximum atomic E-state index is 13.1. The zero-order valence-electron chi connectivity index (χ0n) is 12.2. The fourth-order valence-electron chi connectivity index (χ4n) is 2.73. The lowest BCUT2D eigenvalue weighted by Crippen LogP contribution is -2.29. The van der Waals surface area contributed by atoms with Crippen LogP contribution in [0.5, 0.6) is 5.75 Å². The fraction of sp³-hybridized carbons (Fsp3) is 0.278. The number of carbonyl (C=O) groups is 1. The Labute approximate surface area is 123 Å². The van der Waals surface area contributed by atoms with Gasteiger partial charge in [-0.25, -0.2) is 4.39 Å². The lowest BCUT2D eigenvalue weighted by molar-refractivity contribution is 0.0905. The normalized spacial score (nSPS) is 13.7. The molecule has 1 aliphatic heterocycles. The number of carbonyl (C=O) groups excluding carboxylic acids is 1. The molecular weight excluding hydrogens is 267 g/mol. The maximum absolute atomic E-state index is 13.1. The van der Waals surface area contributed by atoms with E-state index in [1.807, 2.05) is 26.0 Å². The molecule has 0 saturated heterocycles. The second kappa shape index (κ2) is 4.99. The van der Waals surface area contributed by atoms with Gasteiger partial charge < -0.3 is 4.74 Å². The number of rotatable bonds is 3. The first-order chi connectivity index (χ1) is 10.00. The minimum absolute atomic E-state index is 0.00661. The quantitative estimate of drug-likeness (QED) is 0.798. The first-order valence-electron chi connectivity index (χ1n) is 7.05. The molecule has 2 aromatic rings. The molecule has 0 fully saturated rings. The molecule has 0 saturated carbocycles. The van der Waals surface area contributed by atoms with Crippen molar-refractivity contribution in [3.63, 3.8) is 0 Å². The van der Waals surface area contributed by atoms with Crippen LogP contribution < -0.4 is 4.74 Å². The van der Waals surface area contributed by atoms with E-state index < -0.39 is 5.41 Å². The molecule has 2 nitrogen and oxygen atoms in total. The van der Waals surface area contributed by atoms with Crippen LogP contribution in [0.2, 0.25) is 0 Å². The number of ether oxygens (including phenoxy) is 1.